The molecule has 0 fully saturated rings. The fourth-order valence-electron chi connectivity index (χ4n) is 1.50. The van der Waals surface area contributed by atoms with Crippen LogP contribution < -0.4 is 5.32 Å². The molecular weight excluding hydrogens is 236 g/mol. The largest absolute Gasteiger partial charge is 0.469 e. The predicted octanol–water partition coefficient (Wildman–Crippen LogP) is 0.850. The van der Waals surface area contributed by atoms with Crippen LogP contribution in [0.4, 0.5) is 5.69 Å². The number of H-pyrrole nitrogens is 1. The molecule has 2 N–H and O–H groups in total. The van der Waals surface area contributed by atoms with Crippen LogP contribution in [0.5, 0.6) is 0 Å². The van der Waals surface area contributed by atoms with Crippen LogP contribution in [-0.4, -0.2) is 34.4 Å². The van der Waals surface area contributed by atoms with Crippen LogP contribution in [0.15, 0.2) is 18.2 Å². The summed E-state index contributed by atoms with van der Waals surface area (Å²) in [6.07, 6.45) is 0.123. The molecule has 0 unspecified atom stereocenters. The fraction of sp³-hybridized carbons (Fsp3) is 0.273. The van der Waals surface area contributed by atoms with Gasteiger partial charge in [0.1, 0.15) is 11.0 Å². The summed E-state index contributed by atoms with van der Waals surface area (Å²) in [4.78, 5) is 22.5. The zero-order chi connectivity index (χ0) is 13.0. The summed E-state index contributed by atoms with van der Waals surface area (Å²) >= 11 is 0. The van der Waals surface area contributed by atoms with Crippen LogP contribution in [0.25, 0.3) is 11.0 Å². The number of hydrogen-bond donors (Lipinski definition) is 2. The van der Waals surface area contributed by atoms with Crippen molar-refractivity contribution in [1.82, 2.24) is 15.4 Å². The van der Waals surface area contributed by atoms with Crippen LogP contribution in [0.3, 0.4) is 0 Å². The van der Waals surface area contributed by atoms with Crippen molar-refractivity contribution in [3.05, 3.63) is 18.2 Å². The molecule has 1 aromatic heterocycles. The van der Waals surface area contributed by atoms with E-state index in [1.54, 1.807) is 18.2 Å². The molecule has 0 saturated heterocycles. The Labute approximate surface area is 103 Å². The highest BCUT2D eigenvalue weighted by atomic mass is 16.5. The Morgan fingerprint density at radius 2 is 2.17 bits per heavy atom. The van der Waals surface area contributed by atoms with Crippen molar-refractivity contribution in [3.8, 4) is 0 Å². The van der Waals surface area contributed by atoms with Crippen molar-refractivity contribution in [2.75, 3.05) is 12.4 Å². The van der Waals surface area contributed by atoms with Crippen molar-refractivity contribution in [2.45, 2.75) is 12.8 Å². The van der Waals surface area contributed by atoms with E-state index in [0.29, 0.717) is 16.7 Å². The molecule has 2 aromatic rings. The summed E-state index contributed by atoms with van der Waals surface area (Å²) in [5, 5.41) is 13.0. The lowest BCUT2D eigenvalue weighted by Crippen LogP contribution is -2.14. The van der Waals surface area contributed by atoms with Gasteiger partial charge in [0.05, 0.1) is 19.2 Å². The maximum Gasteiger partial charge on any atom is 0.306 e. The zero-order valence-corrected chi connectivity index (χ0v) is 9.77. The number of aromatic nitrogens is 3. The Kier molecular flexibility index (Phi) is 3.52. The van der Waals surface area contributed by atoms with Crippen molar-refractivity contribution in [1.29, 1.82) is 0 Å². The Hall–Kier alpha value is -2.44. The van der Waals surface area contributed by atoms with E-state index in [4.69, 9.17) is 0 Å². The number of aromatic amines is 1. The summed E-state index contributed by atoms with van der Waals surface area (Å²) in [7, 11) is 1.29. The molecule has 0 saturated carbocycles. The first-order chi connectivity index (χ1) is 8.70. The molecule has 94 valence electrons. The van der Waals surface area contributed by atoms with Crippen LogP contribution in [0.1, 0.15) is 12.8 Å². The molecule has 1 aromatic carbocycles. The van der Waals surface area contributed by atoms with Crippen molar-refractivity contribution in [2.24, 2.45) is 0 Å². The topological polar surface area (TPSA) is 97.0 Å². The molecule has 0 aliphatic carbocycles. The fourth-order valence-corrected chi connectivity index (χ4v) is 1.50. The minimum absolute atomic E-state index is 0.0527. The zero-order valence-electron chi connectivity index (χ0n) is 9.77. The minimum atomic E-state index is -0.412. The average Bonchev–Trinajstić information content (AvgIpc) is 2.85. The van der Waals surface area contributed by atoms with E-state index in [1.165, 1.54) is 7.11 Å². The van der Waals surface area contributed by atoms with Gasteiger partial charge in [0.2, 0.25) is 5.91 Å². The average molecular weight is 248 g/mol. The Morgan fingerprint density at radius 1 is 1.33 bits per heavy atom. The molecule has 0 aliphatic rings. The molecule has 0 atom stereocenters. The number of nitrogens with one attached hydrogen (secondary N) is 2. The molecular formula is C11H12N4O3. The third-order valence-corrected chi connectivity index (χ3v) is 2.40. The first-order valence-electron chi connectivity index (χ1n) is 5.37. The highest BCUT2D eigenvalue weighted by molar-refractivity contribution is 5.99. The second kappa shape index (κ2) is 5.26. The molecule has 2 rings (SSSR count). The van der Waals surface area contributed by atoms with E-state index in [2.05, 4.69) is 25.5 Å². The highest BCUT2D eigenvalue weighted by Gasteiger charge is 2.10. The van der Waals surface area contributed by atoms with Crippen LogP contribution in [0.2, 0.25) is 0 Å². The van der Waals surface area contributed by atoms with Gasteiger partial charge in [-0.05, 0) is 12.1 Å². The van der Waals surface area contributed by atoms with E-state index in [0.717, 1.165) is 0 Å². The SMILES string of the molecule is COC(=O)CCC(=O)Nc1cccc2n[nH]nc12. The third kappa shape index (κ3) is 2.62. The number of anilines is 1. The lowest BCUT2D eigenvalue weighted by molar-refractivity contribution is -0.141. The normalized spacial score (nSPS) is 10.3. The summed E-state index contributed by atoms with van der Waals surface area (Å²) in [6, 6.07) is 5.27. The van der Waals surface area contributed by atoms with Gasteiger partial charge >= 0.3 is 5.97 Å². The number of ether oxygens (including phenoxy) is 1. The quantitative estimate of drug-likeness (QED) is 0.782. The third-order valence-electron chi connectivity index (χ3n) is 2.40. The smallest absolute Gasteiger partial charge is 0.306 e. The maximum atomic E-state index is 11.6. The van der Waals surface area contributed by atoms with Crippen molar-refractivity contribution < 1.29 is 14.3 Å². The lowest BCUT2D eigenvalue weighted by atomic mass is 10.2. The molecule has 1 amide bonds. The Morgan fingerprint density at radius 3 is 2.94 bits per heavy atom. The first kappa shape index (κ1) is 12.0. The van der Waals surface area contributed by atoms with Crippen LogP contribution in [-0.2, 0) is 14.3 Å². The summed E-state index contributed by atoms with van der Waals surface area (Å²) < 4.78 is 4.46. The summed E-state index contributed by atoms with van der Waals surface area (Å²) in [5.41, 5.74) is 1.82. The van der Waals surface area contributed by atoms with E-state index >= 15 is 0 Å². The van der Waals surface area contributed by atoms with Gasteiger partial charge < -0.3 is 10.1 Å². The molecule has 0 bridgehead atoms. The Balaban J connectivity index is 2.03. The summed E-state index contributed by atoms with van der Waals surface area (Å²) in [5.74, 6) is -0.680. The van der Waals surface area contributed by atoms with Gasteiger partial charge in [0.25, 0.3) is 0 Å². The molecule has 0 radical (unpaired) electrons. The number of nitrogens with zero attached hydrogens (tertiary/aromatic N) is 2. The molecule has 7 nitrogen and oxygen atoms in total. The number of esters is 1. The van der Waals surface area contributed by atoms with E-state index in [-0.39, 0.29) is 18.7 Å². The van der Waals surface area contributed by atoms with Gasteiger partial charge in [-0.1, -0.05) is 6.07 Å². The standard InChI is InChI=1S/C11H12N4O3/c1-18-10(17)6-5-9(16)12-7-3-2-4-8-11(7)14-15-13-8/h2-4H,5-6H2,1H3,(H,12,16)(H,13,14,15). The minimum Gasteiger partial charge on any atom is -0.469 e. The van der Waals surface area contributed by atoms with Gasteiger partial charge in [0, 0.05) is 6.42 Å². The highest BCUT2D eigenvalue weighted by Crippen LogP contribution is 2.18. The number of hydrogen-bond acceptors (Lipinski definition) is 5. The van der Waals surface area contributed by atoms with Gasteiger partial charge in [-0.15, -0.1) is 0 Å². The first-order valence-corrected chi connectivity index (χ1v) is 5.37. The van der Waals surface area contributed by atoms with Crippen LogP contribution in [0, 0.1) is 0 Å². The summed E-state index contributed by atoms with van der Waals surface area (Å²) in [6.45, 7) is 0. The van der Waals surface area contributed by atoms with Gasteiger partial charge in [-0.2, -0.15) is 15.4 Å². The number of para-hydroxylation sites is 1. The number of amides is 1. The Bertz CT molecular complexity index is 578. The number of carbonyl (C=O) groups excluding carboxylic acids is 2. The van der Waals surface area contributed by atoms with E-state index in [9.17, 15) is 9.59 Å². The number of rotatable bonds is 4. The monoisotopic (exact) mass is 248 g/mol. The second-order valence-electron chi connectivity index (χ2n) is 3.62. The number of benzene rings is 1. The molecule has 0 spiro atoms. The lowest BCUT2D eigenvalue weighted by Gasteiger charge is -2.04. The van der Waals surface area contributed by atoms with Crippen LogP contribution >= 0.6 is 0 Å². The van der Waals surface area contributed by atoms with Gasteiger partial charge in [-0.25, -0.2) is 0 Å². The van der Waals surface area contributed by atoms with Crippen molar-refractivity contribution >= 4 is 28.6 Å². The molecule has 0 aliphatic heterocycles. The number of fused-ring (bicyclic) bond motifs is 1. The molecule has 7 heteroatoms. The van der Waals surface area contributed by atoms with E-state index in [1.807, 2.05) is 0 Å². The van der Waals surface area contributed by atoms with Gasteiger partial charge in [0.15, 0.2) is 0 Å². The predicted molar refractivity (Wildman–Crippen MR) is 63.8 cm³/mol. The number of carbonyl (C=O) groups is 2. The molecule has 1 heterocycles. The second-order valence-corrected chi connectivity index (χ2v) is 3.62. The van der Waals surface area contributed by atoms with E-state index < -0.39 is 5.97 Å². The number of methoxy groups -OCH3 is 1. The van der Waals surface area contributed by atoms with Gasteiger partial charge in [-0.3, -0.25) is 9.59 Å². The molecule has 18 heavy (non-hydrogen) atoms. The maximum absolute atomic E-state index is 11.6. The van der Waals surface area contributed by atoms with Crippen molar-refractivity contribution in [3.63, 3.8) is 0 Å².